The third-order valence-corrected chi connectivity index (χ3v) is 3.93. The number of hydrogen-bond acceptors (Lipinski definition) is 3. The number of aromatic amines is 1. The smallest absolute Gasteiger partial charge is 0.120 e. The normalized spacial score (nSPS) is 10.8. The van der Waals surface area contributed by atoms with Crippen LogP contribution in [-0.2, 0) is 6.42 Å². The molecule has 0 amide bonds. The highest BCUT2D eigenvalue weighted by Crippen LogP contribution is 2.24. The Morgan fingerprint density at radius 3 is 2.82 bits per heavy atom. The van der Waals surface area contributed by atoms with Gasteiger partial charge in [0.05, 0.1) is 7.11 Å². The van der Waals surface area contributed by atoms with E-state index in [2.05, 4.69) is 29.5 Å². The van der Waals surface area contributed by atoms with E-state index in [0.717, 1.165) is 35.6 Å². The molecule has 0 saturated heterocycles. The molecule has 0 fully saturated rings. The standard InChI is InChI=1S/C18H21N3O/c1-12-9-14(19)3-6-17(12)20-8-7-13-11-21-18-10-15(22-2)4-5-16(13)18/h3-6,9-11,20-21H,7-8,19H2,1-2H3. The Bertz CT molecular complexity index is 792. The second-order valence-corrected chi connectivity index (χ2v) is 5.48. The van der Waals surface area contributed by atoms with Crippen molar-refractivity contribution in [2.75, 3.05) is 24.7 Å². The lowest BCUT2D eigenvalue weighted by Gasteiger charge is -2.10. The number of anilines is 2. The maximum Gasteiger partial charge on any atom is 0.120 e. The van der Waals surface area contributed by atoms with E-state index in [1.54, 1.807) is 7.11 Å². The van der Waals surface area contributed by atoms with Crippen LogP contribution < -0.4 is 15.8 Å². The van der Waals surface area contributed by atoms with Gasteiger partial charge < -0.3 is 20.8 Å². The summed E-state index contributed by atoms with van der Waals surface area (Å²) in [7, 11) is 1.68. The van der Waals surface area contributed by atoms with E-state index in [4.69, 9.17) is 10.5 Å². The number of nitrogens with two attached hydrogens (primary N) is 1. The molecule has 1 aromatic heterocycles. The number of H-pyrrole nitrogens is 1. The van der Waals surface area contributed by atoms with E-state index >= 15 is 0 Å². The van der Waals surface area contributed by atoms with Gasteiger partial charge in [0.2, 0.25) is 0 Å². The van der Waals surface area contributed by atoms with Crippen LogP contribution in [0.25, 0.3) is 10.9 Å². The molecular weight excluding hydrogens is 274 g/mol. The molecule has 0 spiro atoms. The molecule has 4 N–H and O–H groups in total. The molecule has 114 valence electrons. The van der Waals surface area contributed by atoms with Gasteiger partial charge in [0, 0.05) is 41.1 Å². The van der Waals surface area contributed by atoms with E-state index < -0.39 is 0 Å². The first-order valence-electron chi connectivity index (χ1n) is 7.41. The van der Waals surface area contributed by atoms with E-state index in [1.165, 1.54) is 16.5 Å². The molecule has 3 rings (SSSR count). The van der Waals surface area contributed by atoms with Gasteiger partial charge in [-0.3, -0.25) is 0 Å². The van der Waals surface area contributed by atoms with Crippen molar-refractivity contribution in [1.29, 1.82) is 0 Å². The van der Waals surface area contributed by atoms with Gasteiger partial charge in [-0.25, -0.2) is 0 Å². The van der Waals surface area contributed by atoms with Crippen LogP contribution in [0.2, 0.25) is 0 Å². The molecular formula is C18H21N3O. The summed E-state index contributed by atoms with van der Waals surface area (Å²) in [6.07, 6.45) is 3.03. The molecule has 0 bridgehead atoms. The largest absolute Gasteiger partial charge is 0.497 e. The highest BCUT2D eigenvalue weighted by atomic mass is 16.5. The van der Waals surface area contributed by atoms with Crippen molar-refractivity contribution in [1.82, 2.24) is 4.98 Å². The van der Waals surface area contributed by atoms with Crippen LogP contribution in [0.4, 0.5) is 11.4 Å². The monoisotopic (exact) mass is 295 g/mol. The Hall–Kier alpha value is -2.62. The molecule has 0 unspecified atom stereocenters. The second kappa shape index (κ2) is 6.02. The molecule has 0 radical (unpaired) electrons. The number of rotatable bonds is 5. The predicted molar refractivity (Wildman–Crippen MR) is 92.6 cm³/mol. The quantitative estimate of drug-likeness (QED) is 0.629. The molecule has 0 aliphatic rings. The molecule has 22 heavy (non-hydrogen) atoms. The number of ether oxygens (including phenoxy) is 1. The van der Waals surface area contributed by atoms with E-state index in [9.17, 15) is 0 Å². The average Bonchev–Trinajstić information content (AvgIpc) is 2.91. The number of benzene rings is 2. The number of nitrogen functional groups attached to an aromatic ring is 1. The SMILES string of the molecule is COc1ccc2c(CCNc3ccc(N)cc3C)c[nH]c2c1. The van der Waals surface area contributed by atoms with Gasteiger partial charge in [-0.05, 0) is 54.8 Å². The van der Waals surface area contributed by atoms with E-state index in [-0.39, 0.29) is 0 Å². The first kappa shape index (κ1) is 14.3. The lowest BCUT2D eigenvalue weighted by Crippen LogP contribution is -2.06. The summed E-state index contributed by atoms with van der Waals surface area (Å²) in [6.45, 7) is 2.94. The van der Waals surface area contributed by atoms with Crippen molar-refractivity contribution < 1.29 is 4.74 Å². The van der Waals surface area contributed by atoms with Crippen molar-refractivity contribution in [2.24, 2.45) is 0 Å². The third-order valence-electron chi connectivity index (χ3n) is 3.93. The number of fused-ring (bicyclic) bond motifs is 1. The van der Waals surface area contributed by atoms with Gasteiger partial charge in [0.15, 0.2) is 0 Å². The molecule has 0 aliphatic heterocycles. The van der Waals surface area contributed by atoms with Crippen LogP contribution in [0.1, 0.15) is 11.1 Å². The Morgan fingerprint density at radius 2 is 2.05 bits per heavy atom. The lowest BCUT2D eigenvalue weighted by molar-refractivity contribution is 0.415. The van der Waals surface area contributed by atoms with Crippen molar-refractivity contribution in [3.63, 3.8) is 0 Å². The number of nitrogens with one attached hydrogen (secondary N) is 2. The summed E-state index contributed by atoms with van der Waals surface area (Å²) in [5.41, 5.74) is 11.3. The molecule has 3 aromatic rings. The molecule has 1 heterocycles. The van der Waals surface area contributed by atoms with Gasteiger partial charge in [-0.1, -0.05) is 0 Å². The Balaban J connectivity index is 1.69. The first-order chi connectivity index (χ1) is 10.7. The van der Waals surface area contributed by atoms with Crippen LogP contribution in [0.15, 0.2) is 42.6 Å². The number of methoxy groups -OCH3 is 1. The summed E-state index contributed by atoms with van der Waals surface area (Å²) in [4.78, 5) is 3.31. The highest BCUT2D eigenvalue weighted by Gasteiger charge is 2.05. The predicted octanol–water partition coefficient (Wildman–Crippen LogP) is 3.72. The number of hydrogen-bond donors (Lipinski definition) is 3. The third kappa shape index (κ3) is 2.86. The Labute approximate surface area is 130 Å². The van der Waals surface area contributed by atoms with E-state index in [0.29, 0.717) is 0 Å². The zero-order valence-corrected chi connectivity index (χ0v) is 12.9. The maximum absolute atomic E-state index is 5.78. The number of aryl methyl sites for hydroxylation is 1. The van der Waals surface area contributed by atoms with E-state index in [1.807, 2.05) is 30.3 Å². The van der Waals surface area contributed by atoms with Crippen molar-refractivity contribution in [3.8, 4) is 5.75 Å². The molecule has 0 saturated carbocycles. The minimum absolute atomic E-state index is 0.800. The number of aromatic nitrogens is 1. The fourth-order valence-electron chi connectivity index (χ4n) is 2.72. The summed E-state index contributed by atoms with van der Waals surface area (Å²) < 4.78 is 5.25. The summed E-state index contributed by atoms with van der Waals surface area (Å²) in [5.74, 6) is 0.872. The molecule has 4 heteroatoms. The van der Waals surface area contributed by atoms with Crippen LogP contribution >= 0.6 is 0 Å². The minimum atomic E-state index is 0.800. The summed E-state index contributed by atoms with van der Waals surface area (Å²) in [5, 5.41) is 4.72. The van der Waals surface area contributed by atoms with Crippen molar-refractivity contribution in [2.45, 2.75) is 13.3 Å². The summed E-state index contributed by atoms with van der Waals surface area (Å²) >= 11 is 0. The van der Waals surface area contributed by atoms with Crippen LogP contribution in [0.3, 0.4) is 0 Å². The van der Waals surface area contributed by atoms with Crippen LogP contribution in [0, 0.1) is 6.92 Å². The maximum atomic E-state index is 5.78. The van der Waals surface area contributed by atoms with Gasteiger partial charge in [0.1, 0.15) is 5.75 Å². The molecule has 0 aliphatic carbocycles. The lowest BCUT2D eigenvalue weighted by atomic mass is 10.1. The first-order valence-corrected chi connectivity index (χ1v) is 7.41. The van der Waals surface area contributed by atoms with Gasteiger partial charge in [-0.2, -0.15) is 0 Å². The minimum Gasteiger partial charge on any atom is -0.497 e. The zero-order valence-electron chi connectivity index (χ0n) is 12.9. The van der Waals surface area contributed by atoms with Gasteiger partial charge >= 0.3 is 0 Å². The van der Waals surface area contributed by atoms with Crippen molar-refractivity contribution >= 4 is 22.3 Å². The summed E-state index contributed by atoms with van der Waals surface area (Å²) in [6, 6.07) is 12.1. The van der Waals surface area contributed by atoms with Gasteiger partial charge in [0.25, 0.3) is 0 Å². The Kier molecular flexibility index (Phi) is 3.92. The molecule has 4 nitrogen and oxygen atoms in total. The highest BCUT2D eigenvalue weighted by molar-refractivity contribution is 5.84. The zero-order chi connectivity index (χ0) is 15.5. The average molecular weight is 295 g/mol. The fourth-order valence-corrected chi connectivity index (χ4v) is 2.72. The van der Waals surface area contributed by atoms with Crippen LogP contribution in [0.5, 0.6) is 5.75 Å². The molecule has 2 aromatic carbocycles. The second-order valence-electron chi connectivity index (χ2n) is 5.48. The van der Waals surface area contributed by atoms with Crippen LogP contribution in [-0.4, -0.2) is 18.6 Å². The molecule has 0 atom stereocenters. The fraction of sp³-hybridized carbons (Fsp3) is 0.222. The van der Waals surface area contributed by atoms with Crippen molar-refractivity contribution in [3.05, 3.63) is 53.7 Å². The topological polar surface area (TPSA) is 63.1 Å². The Morgan fingerprint density at radius 1 is 1.18 bits per heavy atom. The van der Waals surface area contributed by atoms with Gasteiger partial charge in [-0.15, -0.1) is 0 Å².